The summed E-state index contributed by atoms with van der Waals surface area (Å²) in [4.78, 5) is 13.2. The number of ketones is 1. The van der Waals surface area contributed by atoms with E-state index in [1.165, 1.54) is 11.5 Å². The van der Waals surface area contributed by atoms with Crippen molar-refractivity contribution in [2.75, 3.05) is 0 Å². The summed E-state index contributed by atoms with van der Waals surface area (Å²) in [6, 6.07) is 0. The van der Waals surface area contributed by atoms with Crippen LogP contribution >= 0.6 is 11.5 Å². The van der Waals surface area contributed by atoms with Crippen molar-refractivity contribution in [1.82, 2.24) is 9.59 Å². The molecule has 0 aliphatic rings. The van der Waals surface area contributed by atoms with E-state index in [0.29, 0.717) is 0 Å². The SMILES string of the molecule is CCCCC(C)(CC)C(=O)c1snnc1C. The molecule has 1 heterocycles. The monoisotopic (exact) mass is 240 g/mol. The average Bonchev–Trinajstić information content (AvgIpc) is 2.71. The third-order valence-electron chi connectivity index (χ3n) is 3.27. The summed E-state index contributed by atoms with van der Waals surface area (Å²) in [6.07, 6.45) is 4.06. The Hall–Kier alpha value is -0.770. The molecular weight excluding hydrogens is 220 g/mol. The molecule has 1 aromatic rings. The van der Waals surface area contributed by atoms with E-state index in [0.717, 1.165) is 36.3 Å². The van der Waals surface area contributed by atoms with E-state index in [9.17, 15) is 4.79 Å². The number of carbonyl (C=O) groups excluding carboxylic acids is 1. The molecule has 0 fully saturated rings. The van der Waals surface area contributed by atoms with Crippen LogP contribution in [-0.2, 0) is 0 Å². The second kappa shape index (κ2) is 5.53. The first-order chi connectivity index (χ1) is 7.55. The van der Waals surface area contributed by atoms with Gasteiger partial charge in [-0.15, -0.1) is 5.10 Å². The van der Waals surface area contributed by atoms with Crippen LogP contribution in [0.25, 0.3) is 0 Å². The van der Waals surface area contributed by atoms with Crippen molar-refractivity contribution in [2.45, 2.75) is 53.4 Å². The highest BCUT2D eigenvalue weighted by Gasteiger charge is 2.33. The third-order valence-corrected chi connectivity index (χ3v) is 4.10. The minimum atomic E-state index is -0.241. The lowest BCUT2D eigenvalue weighted by molar-refractivity contribution is 0.0795. The van der Waals surface area contributed by atoms with Crippen LogP contribution in [-0.4, -0.2) is 15.4 Å². The van der Waals surface area contributed by atoms with Gasteiger partial charge in [-0.3, -0.25) is 4.79 Å². The van der Waals surface area contributed by atoms with Crippen LogP contribution in [0, 0.1) is 12.3 Å². The van der Waals surface area contributed by atoms with E-state index in [-0.39, 0.29) is 11.2 Å². The van der Waals surface area contributed by atoms with E-state index in [4.69, 9.17) is 0 Å². The number of nitrogens with zero attached hydrogens (tertiary/aromatic N) is 2. The molecule has 0 aliphatic carbocycles. The molecule has 0 saturated heterocycles. The summed E-state index contributed by atoms with van der Waals surface area (Å²) in [7, 11) is 0. The number of aromatic nitrogens is 2. The Morgan fingerprint density at radius 1 is 1.44 bits per heavy atom. The van der Waals surface area contributed by atoms with Crippen LogP contribution in [0.5, 0.6) is 0 Å². The van der Waals surface area contributed by atoms with Gasteiger partial charge < -0.3 is 0 Å². The molecule has 1 unspecified atom stereocenters. The van der Waals surface area contributed by atoms with Gasteiger partial charge >= 0.3 is 0 Å². The molecule has 16 heavy (non-hydrogen) atoms. The molecule has 1 atom stereocenters. The first-order valence-corrected chi connectivity index (χ1v) is 6.66. The fraction of sp³-hybridized carbons (Fsp3) is 0.750. The summed E-state index contributed by atoms with van der Waals surface area (Å²) in [5, 5.41) is 3.91. The van der Waals surface area contributed by atoms with Gasteiger partial charge in [0.1, 0.15) is 4.88 Å². The average molecular weight is 240 g/mol. The molecule has 0 amide bonds. The Morgan fingerprint density at radius 2 is 2.12 bits per heavy atom. The smallest absolute Gasteiger partial charge is 0.182 e. The standard InChI is InChI=1S/C12H20N2OS/c1-5-7-8-12(4,6-2)11(15)10-9(3)13-14-16-10/h5-8H2,1-4H3. The summed E-state index contributed by atoms with van der Waals surface area (Å²) < 4.78 is 3.84. The molecule has 0 bridgehead atoms. The van der Waals surface area contributed by atoms with Crippen LogP contribution in [0.1, 0.15) is 61.8 Å². The van der Waals surface area contributed by atoms with Crippen molar-refractivity contribution in [2.24, 2.45) is 5.41 Å². The number of unbranched alkanes of at least 4 members (excludes halogenated alkanes) is 1. The van der Waals surface area contributed by atoms with Crippen molar-refractivity contribution in [3.05, 3.63) is 10.6 Å². The first-order valence-electron chi connectivity index (χ1n) is 5.89. The molecule has 0 radical (unpaired) electrons. The second-order valence-corrected chi connectivity index (χ2v) is 5.29. The van der Waals surface area contributed by atoms with Crippen LogP contribution in [0.4, 0.5) is 0 Å². The molecule has 4 heteroatoms. The third kappa shape index (κ3) is 2.67. The van der Waals surface area contributed by atoms with Gasteiger partial charge in [-0.25, -0.2) is 0 Å². The van der Waals surface area contributed by atoms with Crippen LogP contribution < -0.4 is 0 Å². The maximum Gasteiger partial charge on any atom is 0.182 e. The van der Waals surface area contributed by atoms with E-state index in [1.807, 2.05) is 6.92 Å². The minimum absolute atomic E-state index is 0.218. The van der Waals surface area contributed by atoms with E-state index in [2.05, 4.69) is 30.4 Å². The molecule has 1 rings (SSSR count). The maximum atomic E-state index is 12.4. The number of hydrogen-bond acceptors (Lipinski definition) is 4. The number of carbonyl (C=O) groups is 1. The molecule has 90 valence electrons. The highest BCUT2D eigenvalue weighted by Crippen LogP contribution is 2.33. The van der Waals surface area contributed by atoms with Gasteiger partial charge in [0.25, 0.3) is 0 Å². The Kier molecular flexibility index (Phi) is 4.59. The lowest BCUT2D eigenvalue weighted by Gasteiger charge is -2.25. The van der Waals surface area contributed by atoms with Gasteiger partial charge in [-0.1, -0.05) is 38.1 Å². The highest BCUT2D eigenvalue weighted by atomic mass is 32.1. The van der Waals surface area contributed by atoms with Gasteiger partial charge in [0.15, 0.2) is 5.78 Å². The van der Waals surface area contributed by atoms with E-state index < -0.39 is 0 Å². The normalized spacial score (nSPS) is 14.8. The Morgan fingerprint density at radius 3 is 2.56 bits per heavy atom. The fourth-order valence-electron chi connectivity index (χ4n) is 1.73. The Labute approximate surface area is 101 Å². The summed E-state index contributed by atoms with van der Waals surface area (Å²) >= 11 is 1.22. The number of aryl methyl sites for hydroxylation is 1. The van der Waals surface area contributed by atoms with Crippen LogP contribution in [0.15, 0.2) is 0 Å². The van der Waals surface area contributed by atoms with Gasteiger partial charge in [0.2, 0.25) is 0 Å². The predicted octanol–water partition coefficient (Wildman–Crippen LogP) is 3.64. The summed E-state index contributed by atoms with van der Waals surface area (Å²) in [5.74, 6) is 0.218. The number of rotatable bonds is 6. The zero-order chi connectivity index (χ0) is 12.2. The van der Waals surface area contributed by atoms with Gasteiger partial charge in [0, 0.05) is 5.41 Å². The topological polar surface area (TPSA) is 42.9 Å². The van der Waals surface area contributed by atoms with Crippen LogP contribution in [0.3, 0.4) is 0 Å². The zero-order valence-corrected chi connectivity index (χ0v) is 11.4. The Balaban J connectivity index is 2.88. The molecule has 0 saturated carbocycles. The molecular formula is C12H20N2OS. The Bertz CT molecular complexity index is 362. The lowest BCUT2D eigenvalue weighted by atomic mass is 9.77. The van der Waals surface area contributed by atoms with Crippen molar-refractivity contribution < 1.29 is 4.79 Å². The highest BCUT2D eigenvalue weighted by molar-refractivity contribution is 7.08. The van der Waals surface area contributed by atoms with Gasteiger partial charge in [-0.2, -0.15) is 0 Å². The largest absolute Gasteiger partial charge is 0.293 e. The maximum absolute atomic E-state index is 12.4. The quantitative estimate of drug-likeness (QED) is 0.713. The molecule has 1 aromatic heterocycles. The number of hydrogen-bond donors (Lipinski definition) is 0. The zero-order valence-electron chi connectivity index (χ0n) is 10.5. The van der Waals surface area contributed by atoms with Crippen molar-refractivity contribution >= 4 is 17.3 Å². The van der Waals surface area contributed by atoms with Gasteiger partial charge in [0.05, 0.1) is 5.69 Å². The predicted molar refractivity (Wildman–Crippen MR) is 66.9 cm³/mol. The first kappa shape index (κ1) is 13.3. The van der Waals surface area contributed by atoms with Crippen molar-refractivity contribution in [1.29, 1.82) is 0 Å². The molecule has 0 spiro atoms. The van der Waals surface area contributed by atoms with Crippen LogP contribution in [0.2, 0.25) is 0 Å². The minimum Gasteiger partial charge on any atom is -0.293 e. The molecule has 0 N–H and O–H groups in total. The summed E-state index contributed by atoms with van der Waals surface area (Å²) in [5.41, 5.74) is 0.529. The van der Waals surface area contributed by atoms with E-state index >= 15 is 0 Å². The molecule has 3 nitrogen and oxygen atoms in total. The molecule has 0 aromatic carbocycles. The van der Waals surface area contributed by atoms with Crippen molar-refractivity contribution in [3.8, 4) is 0 Å². The lowest BCUT2D eigenvalue weighted by Crippen LogP contribution is -2.27. The second-order valence-electron chi connectivity index (χ2n) is 4.53. The van der Waals surface area contributed by atoms with Crippen molar-refractivity contribution in [3.63, 3.8) is 0 Å². The van der Waals surface area contributed by atoms with Gasteiger partial charge in [-0.05, 0) is 31.3 Å². The van der Waals surface area contributed by atoms with E-state index in [1.54, 1.807) is 0 Å². The summed E-state index contributed by atoms with van der Waals surface area (Å²) in [6.45, 7) is 8.15. The fourth-order valence-corrected chi connectivity index (χ4v) is 2.48. The number of Topliss-reactive ketones (excluding diaryl/α,β-unsaturated/α-hetero) is 1. The molecule has 0 aliphatic heterocycles.